The van der Waals surface area contributed by atoms with Gasteiger partial charge in [0, 0.05) is 62.9 Å². The van der Waals surface area contributed by atoms with E-state index in [1.807, 2.05) is 31.4 Å². The van der Waals surface area contributed by atoms with Crippen LogP contribution in [0.4, 0.5) is 5.13 Å². The van der Waals surface area contributed by atoms with E-state index in [-0.39, 0.29) is 36.7 Å². The molecule has 0 aliphatic carbocycles. The number of thiazole rings is 1. The van der Waals surface area contributed by atoms with E-state index in [2.05, 4.69) is 15.1 Å². The molecule has 3 fully saturated rings. The van der Waals surface area contributed by atoms with E-state index in [9.17, 15) is 14.4 Å². The smallest absolute Gasteiger partial charge is 0.251 e. The molecule has 0 radical (unpaired) electrons. The van der Waals surface area contributed by atoms with Gasteiger partial charge in [0.1, 0.15) is 24.8 Å². The number of rotatable bonds is 10. The Morgan fingerprint density at radius 3 is 2.63 bits per heavy atom. The fourth-order valence-electron chi connectivity index (χ4n) is 5.72. The second-order valence-electron chi connectivity index (χ2n) is 11.1. The van der Waals surface area contributed by atoms with Gasteiger partial charge in [-0.1, -0.05) is 32.4 Å². The van der Waals surface area contributed by atoms with Crippen molar-refractivity contribution in [3.63, 3.8) is 0 Å². The maximum Gasteiger partial charge on any atom is 0.251 e. The number of hydrogen-bond acceptors (Lipinski definition) is 10. The third-order valence-electron chi connectivity index (χ3n) is 8.46. The number of ketones is 1. The molecule has 2 amide bonds. The van der Waals surface area contributed by atoms with Crippen LogP contribution in [0.2, 0.25) is 0 Å². The largest absolute Gasteiger partial charge is 0.383 e. The van der Waals surface area contributed by atoms with Gasteiger partial charge in [-0.05, 0) is 18.1 Å². The highest BCUT2D eigenvalue weighted by Gasteiger charge is 2.52. The van der Waals surface area contributed by atoms with Crippen molar-refractivity contribution in [1.29, 1.82) is 0 Å². The van der Waals surface area contributed by atoms with Crippen molar-refractivity contribution >= 4 is 34.1 Å². The van der Waals surface area contributed by atoms with Crippen LogP contribution >= 0.6 is 11.3 Å². The predicted molar refractivity (Wildman–Crippen MR) is 157 cm³/mol. The fraction of sp³-hybridized carbons (Fsp3) is 0.586. The number of carbonyl (C=O) groups excluding carboxylic acids is 3. The molecular weight excluding hydrogens is 544 g/mol. The number of benzene rings is 1. The average Bonchev–Trinajstić information content (AvgIpc) is 3.72. The fourth-order valence-corrected chi connectivity index (χ4v) is 6.61. The molecule has 11 nitrogen and oxygen atoms in total. The number of Topliss-reactive ketones (excluding diaryl/α,β-unsaturated/α-hetero) is 1. The molecular formula is C29H40N6O5S. The second kappa shape index (κ2) is 13.0. The van der Waals surface area contributed by atoms with Gasteiger partial charge in [-0.15, -0.1) is 11.3 Å². The van der Waals surface area contributed by atoms with Crippen molar-refractivity contribution in [2.24, 2.45) is 11.7 Å². The van der Waals surface area contributed by atoms with Gasteiger partial charge in [-0.2, -0.15) is 0 Å². The lowest BCUT2D eigenvalue weighted by Gasteiger charge is -2.34. The highest BCUT2D eigenvalue weighted by molar-refractivity contribution is 7.14. The van der Waals surface area contributed by atoms with Gasteiger partial charge in [0.15, 0.2) is 10.9 Å². The summed E-state index contributed by atoms with van der Waals surface area (Å²) in [6.07, 6.45) is 0.201. The van der Waals surface area contributed by atoms with Crippen LogP contribution in [0, 0.1) is 5.92 Å². The number of nitrogens with one attached hydrogen (secondary N) is 1. The molecule has 3 aliphatic rings. The van der Waals surface area contributed by atoms with Crippen LogP contribution in [0.25, 0.3) is 11.3 Å². The summed E-state index contributed by atoms with van der Waals surface area (Å²) in [5, 5.41) is 5.98. The SMILES string of the molecule is CC[C@H](C)[C@H](NC(=O)c1ccc(-c2csc(N3CCN(CCOC)CC3)n2)cc1)C(=O)N1C[C@H](N)[C@@H]2OCC(=O)[C@H]21. The zero-order valence-electron chi connectivity index (χ0n) is 24.0. The zero-order chi connectivity index (χ0) is 29.1. The molecule has 3 N–H and O–H groups in total. The molecule has 222 valence electrons. The Hall–Kier alpha value is -2.90. The summed E-state index contributed by atoms with van der Waals surface area (Å²) >= 11 is 1.62. The van der Waals surface area contributed by atoms with Gasteiger partial charge in [-0.3, -0.25) is 19.3 Å². The molecule has 3 aliphatic heterocycles. The molecule has 5 rings (SSSR count). The first-order valence-electron chi connectivity index (χ1n) is 14.3. The van der Waals surface area contributed by atoms with Crippen LogP contribution in [0.15, 0.2) is 29.6 Å². The molecule has 2 aromatic rings. The Kier molecular flexibility index (Phi) is 9.35. The molecule has 3 saturated heterocycles. The highest BCUT2D eigenvalue weighted by Crippen LogP contribution is 2.30. The topological polar surface area (TPSA) is 130 Å². The van der Waals surface area contributed by atoms with Crippen molar-refractivity contribution in [3.05, 3.63) is 35.2 Å². The van der Waals surface area contributed by atoms with E-state index >= 15 is 0 Å². The van der Waals surface area contributed by atoms with E-state index in [0.717, 1.165) is 55.7 Å². The van der Waals surface area contributed by atoms with Crippen LogP contribution in [0.1, 0.15) is 30.6 Å². The first-order chi connectivity index (χ1) is 19.8. The number of nitrogens with zero attached hydrogens (tertiary/aromatic N) is 4. The van der Waals surface area contributed by atoms with E-state index < -0.39 is 24.2 Å². The summed E-state index contributed by atoms with van der Waals surface area (Å²) < 4.78 is 10.7. The number of methoxy groups -OCH3 is 1. The number of carbonyl (C=O) groups is 3. The molecule has 1 aromatic heterocycles. The van der Waals surface area contributed by atoms with Gasteiger partial charge in [0.2, 0.25) is 5.91 Å². The Bertz CT molecular complexity index is 1230. The van der Waals surface area contributed by atoms with Crippen LogP contribution in [-0.2, 0) is 19.1 Å². The second-order valence-corrected chi connectivity index (χ2v) is 11.9. The zero-order valence-corrected chi connectivity index (χ0v) is 24.8. The lowest BCUT2D eigenvalue weighted by molar-refractivity contribution is -0.139. The molecule has 0 bridgehead atoms. The number of anilines is 1. The third kappa shape index (κ3) is 6.31. The highest BCUT2D eigenvalue weighted by atomic mass is 32.1. The number of likely N-dealkylation sites (tertiary alicyclic amines) is 1. The van der Waals surface area contributed by atoms with Crippen LogP contribution in [0.3, 0.4) is 0 Å². The summed E-state index contributed by atoms with van der Waals surface area (Å²) in [6, 6.07) is 5.40. The molecule has 0 unspecified atom stereocenters. The number of ether oxygens (including phenoxy) is 2. The summed E-state index contributed by atoms with van der Waals surface area (Å²) in [7, 11) is 1.73. The number of piperazine rings is 1. The van der Waals surface area contributed by atoms with E-state index in [1.165, 1.54) is 4.90 Å². The minimum absolute atomic E-state index is 0.0362. The van der Waals surface area contributed by atoms with Crippen molar-refractivity contribution in [3.8, 4) is 11.3 Å². The minimum atomic E-state index is -0.775. The van der Waals surface area contributed by atoms with Gasteiger partial charge in [0.25, 0.3) is 5.91 Å². The van der Waals surface area contributed by atoms with E-state index in [4.69, 9.17) is 20.2 Å². The molecule has 0 spiro atoms. The van der Waals surface area contributed by atoms with E-state index in [0.29, 0.717) is 12.0 Å². The predicted octanol–water partition coefficient (Wildman–Crippen LogP) is 1.23. The maximum absolute atomic E-state index is 13.6. The maximum atomic E-state index is 13.6. The Labute approximate surface area is 245 Å². The van der Waals surface area contributed by atoms with Gasteiger partial charge in [-0.25, -0.2) is 4.98 Å². The standard InChI is InChI=1S/C29H40N6O5S/c1-4-18(2)24(28(38)35-15-21(30)26-25(35)23(36)16-40-26)32-27(37)20-7-5-19(6-8-20)22-17-41-29(31-22)34-11-9-33(10-12-34)13-14-39-3/h5-8,17-18,21,24-26H,4,9-16,30H2,1-3H3,(H,32,37)/t18-,21-,24-,25+,26-/m0/s1. The number of nitrogens with two attached hydrogens (primary N) is 1. The van der Waals surface area contributed by atoms with E-state index in [1.54, 1.807) is 30.6 Å². The van der Waals surface area contributed by atoms with Gasteiger partial charge >= 0.3 is 0 Å². The lowest BCUT2D eigenvalue weighted by atomic mass is 9.96. The third-order valence-corrected chi connectivity index (χ3v) is 9.36. The lowest BCUT2D eigenvalue weighted by Crippen LogP contribution is -2.54. The van der Waals surface area contributed by atoms with Crippen molar-refractivity contribution in [2.45, 2.75) is 44.5 Å². The number of aromatic nitrogens is 1. The quantitative estimate of drug-likeness (QED) is 0.424. The van der Waals surface area contributed by atoms with Gasteiger partial charge < -0.3 is 30.3 Å². The average molecular weight is 585 g/mol. The first-order valence-corrected chi connectivity index (χ1v) is 15.2. The van der Waals surface area contributed by atoms with Crippen LogP contribution < -0.4 is 16.0 Å². The van der Waals surface area contributed by atoms with Crippen molar-refractivity contribution < 1.29 is 23.9 Å². The molecule has 12 heteroatoms. The van der Waals surface area contributed by atoms with Gasteiger partial charge in [0.05, 0.1) is 18.3 Å². The van der Waals surface area contributed by atoms with Crippen LogP contribution in [0.5, 0.6) is 0 Å². The summed E-state index contributed by atoms with van der Waals surface area (Å²) in [5.74, 6) is -0.903. The monoisotopic (exact) mass is 584 g/mol. The van der Waals surface area contributed by atoms with Crippen molar-refractivity contribution in [1.82, 2.24) is 20.1 Å². The van der Waals surface area contributed by atoms with Crippen molar-refractivity contribution in [2.75, 3.05) is 64.5 Å². The van der Waals surface area contributed by atoms with Crippen LogP contribution in [-0.4, -0.2) is 116 Å². The minimum Gasteiger partial charge on any atom is -0.383 e. The Balaban J connectivity index is 1.22. The Morgan fingerprint density at radius 1 is 1.22 bits per heavy atom. The molecule has 41 heavy (non-hydrogen) atoms. The summed E-state index contributed by atoms with van der Waals surface area (Å²) in [4.78, 5) is 50.4. The molecule has 5 atom stereocenters. The Morgan fingerprint density at radius 2 is 1.95 bits per heavy atom. The number of amides is 2. The summed E-state index contributed by atoms with van der Waals surface area (Å²) in [6.45, 7) is 9.60. The number of fused-ring (bicyclic) bond motifs is 1. The molecule has 4 heterocycles. The molecule has 1 aromatic carbocycles. The number of hydrogen-bond donors (Lipinski definition) is 2. The normalized spacial score (nSPS) is 24.4. The summed E-state index contributed by atoms with van der Waals surface area (Å²) in [5.41, 5.74) is 8.42. The molecule has 0 saturated carbocycles. The first kappa shape index (κ1) is 29.6.